The second-order valence-corrected chi connectivity index (χ2v) is 7.76. The van der Waals surface area contributed by atoms with Crippen molar-refractivity contribution in [3.8, 4) is 0 Å². The summed E-state index contributed by atoms with van der Waals surface area (Å²) in [4.78, 5) is 0. The molecule has 0 atom stereocenters. The minimum atomic E-state index is 0.170. The van der Waals surface area contributed by atoms with Gasteiger partial charge in [0.15, 0.2) is 0 Å². The molecule has 0 saturated carbocycles. The average Bonchev–Trinajstić information content (AvgIpc) is 2.76. The Kier molecular flexibility index (Phi) is 6.64. The lowest BCUT2D eigenvalue weighted by atomic mass is 9.81. The zero-order valence-electron chi connectivity index (χ0n) is 18.3. The van der Waals surface area contributed by atoms with E-state index in [0.717, 1.165) is 37.1 Å². The van der Waals surface area contributed by atoms with Gasteiger partial charge >= 0.3 is 0 Å². The van der Waals surface area contributed by atoms with Crippen LogP contribution in [-0.2, 0) is 25.7 Å². The zero-order chi connectivity index (χ0) is 21.0. The highest BCUT2D eigenvalue weighted by Gasteiger charge is 2.21. The molecule has 0 fully saturated rings. The third-order valence-electron chi connectivity index (χ3n) is 6.07. The van der Waals surface area contributed by atoms with Crippen molar-refractivity contribution in [2.24, 2.45) is 0 Å². The number of nitrogen functional groups attached to an aromatic ring is 2. The predicted octanol–water partition coefficient (Wildman–Crippen LogP) is 6.28. The van der Waals surface area contributed by atoms with E-state index in [1.165, 1.54) is 38.9 Å². The maximum absolute atomic E-state index is 6.45. The highest BCUT2D eigenvalue weighted by molar-refractivity contribution is 5.61. The van der Waals surface area contributed by atoms with Gasteiger partial charge in [-0.3, -0.25) is 0 Å². The van der Waals surface area contributed by atoms with E-state index in [1.807, 2.05) is 0 Å². The summed E-state index contributed by atoms with van der Waals surface area (Å²) in [7, 11) is 0. The SMILES string of the molecule is CCc1cc(C(c2ccccc2)c2cc(CC)c(N)c(CC)c2)cc(CC)c1N. The second-order valence-electron chi connectivity index (χ2n) is 7.76. The molecule has 3 rings (SSSR count). The molecule has 0 heterocycles. The summed E-state index contributed by atoms with van der Waals surface area (Å²) in [5, 5.41) is 0. The standard InChI is InChI=1S/C27H34N2/c1-5-18-14-23(15-19(6-2)26(18)28)25(22-12-10-9-11-13-22)24-16-20(7-3)27(29)21(8-4)17-24/h9-17,25H,5-8,28-29H2,1-4H3. The number of aryl methyl sites for hydroxylation is 4. The van der Waals surface area contributed by atoms with Gasteiger partial charge in [0.2, 0.25) is 0 Å². The Morgan fingerprint density at radius 3 is 1.21 bits per heavy atom. The first-order valence-corrected chi connectivity index (χ1v) is 10.9. The van der Waals surface area contributed by atoms with Crippen molar-refractivity contribution in [1.82, 2.24) is 0 Å². The highest BCUT2D eigenvalue weighted by Crippen LogP contribution is 2.37. The summed E-state index contributed by atoms with van der Waals surface area (Å²) in [5.74, 6) is 0.170. The first kappa shape index (κ1) is 21.0. The first-order chi connectivity index (χ1) is 14.0. The summed E-state index contributed by atoms with van der Waals surface area (Å²) >= 11 is 0. The molecule has 0 aliphatic heterocycles. The Labute approximate surface area is 176 Å². The normalized spacial score (nSPS) is 11.2. The molecule has 4 N–H and O–H groups in total. The Balaban J connectivity index is 2.29. The van der Waals surface area contributed by atoms with E-state index in [4.69, 9.17) is 11.5 Å². The van der Waals surface area contributed by atoms with Crippen molar-refractivity contribution in [3.63, 3.8) is 0 Å². The molecule has 0 unspecified atom stereocenters. The lowest BCUT2D eigenvalue weighted by Gasteiger charge is -2.24. The van der Waals surface area contributed by atoms with Gasteiger partial charge in [-0.1, -0.05) is 82.3 Å². The Hall–Kier alpha value is -2.74. The number of nitrogens with two attached hydrogens (primary N) is 2. The summed E-state index contributed by atoms with van der Waals surface area (Å²) in [6, 6.07) is 20.0. The van der Waals surface area contributed by atoms with Crippen LogP contribution in [0.3, 0.4) is 0 Å². The molecule has 3 aromatic carbocycles. The van der Waals surface area contributed by atoms with Crippen LogP contribution in [0.1, 0.15) is 72.6 Å². The molecule has 2 heteroatoms. The Morgan fingerprint density at radius 1 is 0.552 bits per heavy atom. The van der Waals surface area contributed by atoms with Crippen molar-refractivity contribution < 1.29 is 0 Å². The molecule has 0 radical (unpaired) electrons. The van der Waals surface area contributed by atoms with E-state index in [1.54, 1.807) is 0 Å². The van der Waals surface area contributed by atoms with Crippen molar-refractivity contribution in [1.29, 1.82) is 0 Å². The number of anilines is 2. The second kappa shape index (κ2) is 9.17. The van der Waals surface area contributed by atoms with Crippen LogP contribution < -0.4 is 11.5 Å². The Bertz CT molecular complexity index is 862. The van der Waals surface area contributed by atoms with E-state index in [9.17, 15) is 0 Å². The maximum Gasteiger partial charge on any atom is 0.0379 e. The number of hydrogen-bond donors (Lipinski definition) is 2. The van der Waals surface area contributed by atoms with Crippen molar-refractivity contribution in [2.75, 3.05) is 11.5 Å². The number of benzene rings is 3. The monoisotopic (exact) mass is 386 g/mol. The van der Waals surface area contributed by atoms with Crippen LogP contribution in [0.25, 0.3) is 0 Å². The lowest BCUT2D eigenvalue weighted by molar-refractivity contribution is 0.943. The molecule has 152 valence electrons. The molecule has 0 aliphatic carbocycles. The summed E-state index contributed by atoms with van der Waals surface area (Å²) in [6.45, 7) is 8.72. The molecule has 3 aromatic rings. The van der Waals surface area contributed by atoms with Gasteiger partial charge in [0, 0.05) is 17.3 Å². The molecular weight excluding hydrogens is 352 g/mol. The first-order valence-electron chi connectivity index (χ1n) is 10.9. The molecule has 0 bridgehead atoms. The van der Waals surface area contributed by atoms with Crippen molar-refractivity contribution in [2.45, 2.75) is 59.3 Å². The highest BCUT2D eigenvalue weighted by atomic mass is 14.6. The van der Waals surface area contributed by atoms with Gasteiger partial charge in [0.1, 0.15) is 0 Å². The number of rotatable bonds is 7. The van der Waals surface area contributed by atoms with Gasteiger partial charge in [0.05, 0.1) is 0 Å². The van der Waals surface area contributed by atoms with Crippen LogP contribution in [0.15, 0.2) is 54.6 Å². The maximum atomic E-state index is 6.45. The average molecular weight is 387 g/mol. The number of hydrogen-bond acceptors (Lipinski definition) is 2. The van der Waals surface area contributed by atoms with E-state index in [2.05, 4.69) is 82.3 Å². The van der Waals surface area contributed by atoms with E-state index >= 15 is 0 Å². The zero-order valence-corrected chi connectivity index (χ0v) is 18.3. The lowest BCUT2D eigenvalue weighted by Crippen LogP contribution is -2.10. The third-order valence-corrected chi connectivity index (χ3v) is 6.07. The topological polar surface area (TPSA) is 52.0 Å². The van der Waals surface area contributed by atoms with Gasteiger partial charge in [-0.05, 0) is 64.6 Å². The third kappa shape index (κ3) is 4.17. The van der Waals surface area contributed by atoms with Gasteiger partial charge in [0.25, 0.3) is 0 Å². The van der Waals surface area contributed by atoms with Gasteiger partial charge < -0.3 is 11.5 Å². The summed E-state index contributed by atoms with van der Waals surface area (Å²) < 4.78 is 0. The molecule has 0 aromatic heterocycles. The van der Waals surface area contributed by atoms with E-state index in [0.29, 0.717) is 0 Å². The fourth-order valence-corrected chi connectivity index (χ4v) is 4.34. The molecule has 0 aliphatic rings. The van der Waals surface area contributed by atoms with Gasteiger partial charge in [-0.25, -0.2) is 0 Å². The summed E-state index contributed by atoms with van der Waals surface area (Å²) in [6.07, 6.45) is 3.76. The largest absolute Gasteiger partial charge is 0.398 e. The van der Waals surface area contributed by atoms with Crippen LogP contribution in [-0.4, -0.2) is 0 Å². The van der Waals surface area contributed by atoms with Crippen LogP contribution >= 0.6 is 0 Å². The summed E-state index contributed by atoms with van der Waals surface area (Å²) in [5.41, 5.74) is 23.7. The van der Waals surface area contributed by atoms with Crippen molar-refractivity contribution in [3.05, 3.63) is 93.5 Å². The molecule has 29 heavy (non-hydrogen) atoms. The van der Waals surface area contributed by atoms with Crippen LogP contribution in [0.4, 0.5) is 11.4 Å². The quantitative estimate of drug-likeness (QED) is 0.371. The van der Waals surface area contributed by atoms with E-state index in [-0.39, 0.29) is 5.92 Å². The van der Waals surface area contributed by atoms with E-state index < -0.39 is 0 Å². The minimum Gasteiger partial charge on any atom is -0.398 e. The van der Waals surface area contributed by atoms with Crippen molar-refractivity contribution >= 4 is 11.4 Å². The molecule has 2 nitrogen and oxygen atoms in total. The van der Waals surface area contributed by atoms with Gasteiger partial charge in [-0.15, -0.1) is 0 Å². The Morgan fingerprint density at radius 2 is 0.897 bits per heavy atom. The molecule has 0 spiro atoms. The molecule has 0 amide bonds. The molecular formula is C27H34N2. The van der Waals surface area contributed by atoms with Crippen LogP contribution in [0.2, 0.25) is 0 Å². The minimum absolute atomic E-state index is 0.170. The van der Waals surface area contributed by atoms with Gasteiger partial charge in [-0.2, -0.15) is 0 Å². The predicted molar refractivity (Wildman–Crippen MR) is 127 cm³/mol. The smallest absolute Gasteiger partial charge is 0.0379 e. The van der Waals surface area contributed by atoms with Crippen LogP contribution in [0.5, 0.6) is 0 Å². The molecule has 0 saturated heterocycles. The fraction of sp³-hybridized carbons (Fsp3) is 0.333. The van der Waals surface area contributed by atoms with Crippen LogP contribution in [0, 0.1) is 0 Å². The fourth-order valence-electron chi connectivity index (χ4n) is 4.34.